The van der Waals surface area contributed by atoms with E-state index >= 15 is 0 Å². The first kappa shape index (κ1) is 9.60. The molecule has 13 heavy (non-hydrogen) atoms. The van der Waals surface area contributed by atoms with Crippen LogP contribution in [0.3, 0.4) is 0 Å². The van der Waals surface area contributed by atoms with Gasteiger partial charge in [-0.25, -0.2) is 0 Å². The molecular formula is C11H13NO. The van der Waals surface area contributed by atoms with Crippen LogP contribution < -0.4 is 0 Å². The van der Waals surface area contributed by atoms with Gasteiger partial charge in [-0.05, 0) is 36.6 Å². The molecule has 2 heteroatoms. The number of rotatable bonds is 3. The van der Waals surface area contributed by atoms with Crippen LogP contribution in [-0.4, -0.2) is 5.11 Å². The van der Waals surface area contributed by atoms with Crippen LogP contribution in [0.5, 0.6) is 5.75 Å². The lowest BCUT2D eigenvalue weighted by Crippen LogP contribution is -1.89. The second kappa shape index (κ2) is 4.51. The molecule has 0 saturated heterocycles. The second-order valence-electron chi connectivity index (χ2n) is 3.06. The molecule has 0 atom stereocenters. The van der Waals surface area contributed by atoms with Gasteiger partial charge in [-0.15, -0.1) is 0 Å². The molecule has 1 N–H and O–H groups in total. The Morgan fingerprint density at radius 1 is 1.46 bits per heavy atom. The molecule has 0 aromatic heterocycles. The summed E-state index contributed by atoms with van der Waals surface area (Å²) in [6.45, 7) is 2.11. The van der Waals surface area contributed by atoms with E-state index in [1.807, 2.05) is 0 Å². The maximum Gasteiger partial charge on any atom is 0.115 e. The lowest BCUT2D eigenvalue weighted by Gasteiger charge is -2.02. The minimum atomic E-state index is 0.241. The number of benzene rings is 1. The quantitative estimate of drug-likeness (QED) is 0.767. The molecule has 0 saturated carbocycles. The largest absolute Gasteiger partial charge is 0.508 e. The Balaban J connectivity index is 2.89. The minimum absolute atomic E-state index is 0.241. The van der Waals surface area contributed by atoms with E-state index in [0.717, 1.165) is 24.8 Å². The molecule has 0 heterocycles. The van der Waals surface area contributed by atoms with Gasteiger partial charge in [0.15, 0.2) is 0 Å². The molecule has 0 bridgehead atoms. The molecule has 0 aliphatic heterocycles. The molecular weight excluding hydrogens is 162 g/mol. The van der Waals surface area contributed by atoms with Crippen LogP contribution >= 0.6 is 0 Å². The molecule has 0 amide bonds. The van der Waals surface area contributed by atoms with Crippen molar-refractivity contribution >= 4 is 0 Å². The predicted molar refractivity (Wildman–Crippen MR) is 51.4 cm³/mol. The number of hydrogen-bond acceptors (Lipinski definition) is 2. The average Bonchev–Trinajstić information content (AvgIpc) is 2.15. The monoisotopic (exact) mass is 175 g/mol. The Morgan fingerprint density at radius 3 is 2.85 bits per heavy atom. The van der Waals surface area contributed by atoms with Crippen LogP contribution in [0.25, 0.3) is 0 Å². The van der Waals surface area contributed by atoms with Crippen LogP contribution in [0.15, 0.2) is 18.2 Å². The van der Waals surface area contributed by atoms with E-state index in [9.17, 15) is 5.11 Å². The van der Waals surface area contributed by atoms with Gasteiger partial charge in [0.2, 0.25) is 0 Å². The first-order chi connectivity index (χ1) is 6.27. The van der Waals surface area contributed by atoms with Crippen molar-refractivity contribution in [3.63, 3.8) is 0 Å². The minimum Gasteiger partial charge on any atom is -0.508 e. The number of nitriles is 1. The van der Waals surface area contributed by atoms with Crippen LogP contribution in [0, 0.1) is 11.3 Å². The smallest absolute Gasteiger partial charge is 0.115 e. The summed E-state index contributed by atoms with van der Waals surface area (Å²) < 4.78 is 0. The molecule has 0 aliphatic carbocycles. The zero-order chi connectivity index (χ0) is 9.68. The zero-order valence-electron chi connectivity index (χ0n) is 7.75. The molecule has 1 aromatic rings. The molecule has 0 aliphatic rings. The Hall–Kier alpha value is -1.49. The summed E-state index contributed by atoms with van der Waals surface area (Å²) in [4.78, 5) is 0. The fourth-order valence-electron chi connectivity index (χ4n) is 1.26. The maximum atomic E-state index is 9.22. The number of aryl methyl sites for hydroxylation is 1. The van der Waals surface area contributed by atoms with Crippen molar-refractivity contribution in [3.8, 4) is 11.8 Å². The summed E-state index contributed by atoms with van der Waals surface area (Å²) in [6, 6.07) is 7.01. The van der Waals surface area contributed by atoms with Gasteiger partial charge in [0.1, 0.15) is 5.75 Å². The highest BCUT2D eigenvalue weighted by atomic mass is 16.3. The molecule has 0 spiro atoms. The number of nitrogens with zero attached hydrogens (tertiary/aromatic N) is 1. The van der Waals surface area contributed by atoms with Crippen molar-refractivity contribution in [2.24, 2.45) is 0 Å². The van der Waals surface area contributed by atoms with Crippen molar-refractivity contribution in [1.29, 1.82) is 5.26 Å². The summed E-state index contributed by atoms with van der Waals surface area (Å²) in [7, 11) is 0. The van der Waals surface area contributed by atoms with Crippen LogP contribution in [0.4, 0.5) is 0 Å². The third kappa shape index (κ3) is 2.48. The lowest BCUT2D eigenvalue weighted by molar-refractivity contribution is 0.474. The number of hydrogen-bond donors (Lipinski definition) is 1. The molecule has 1 rings (SSSR count). The summed E-state index contributed by atoms with van der Waals surface area (Å²) >= 11 is 0. The SMILES string of the molecule is CCCCc1cc(O)ccc1C#N. The van der Waals surface area contributed by atoms with Gasteiger partial charge < -0.3 is 5.11 Å². The van der Waals surface area contributed by atoms with Crippen LogP contribution in [0.2, 0.25) is 0 Å². The molecule has 0 fully saturated rings. The van der Waals surface area contributed by atoms with E-state index in [1.165, 1.54) is 0 Å². The van der Waals surface area contributed by atoms with E-state index in [4.69, 9.17) is 5.26 Å². The van der Waals surface area contributed by atoms with Crippen LogP contribution in [0.1, 0.15) is 30.9 Å². The zero-order valence-corrected chi connectivity index (χ0v) is 7.75. The van der Waals surface area contributed by atoms with Gasteiger partial charge >= 0.3 is 0 Å². The fraction of sp³-hybridized carbons (Fsp3) is 0.364. The highest BCUT2D eigenvalue weighted by Crippen LogP contribution is 2.17. The van der Waals surface area contributed by atoms with Gasteiger partial charge in [0.25, 0.3) is 0 Å². The Kier molecular flexibility index (Phi) is 3.33. The number of unbranched alkanes of at least 4 members (excludes halogenated alkanes) is 1. The summed E-state index contributed by atoms with van der Waals surface area (Å²) in [5.41, 5.74) is 1.62. The van der Waals surface area contributed by atoms with Crippen molar-refractivity contribution in [2.75, 3.05) is 0 Å². The average molecular weight is 175 g/mol. The Labute approximate surface area is 78.4 Å². The summed E-state index contributed by atoms with van der Waals surface area (Å²) in [6.07, 6.45) is 3.02. The van der Waals surface area contributed by atoms with E-state index in [0.29, 0.717) is 5.56 Å². The molecule has 0 radical (unpaired) electrons. The molecule has 68 valence electrons. The van der Waals surface area contributed by atoms with Crippen LogP contribution in [-0.2, 0) is 6.42 Å². The topological polar surface area (TPSA) is 44.0 Å². The van der Waals surface area contributed by atoms with Crippen molar-refractivity contribution in [3.05, 3.63) is 29.3 Å². The standard InChI is InChI=1S/C11H13NO/c1-2-3-4-9-7-11(13)6-5-10(9)8-12/h5-7,13H,2-4H2,1H3. The third-order valence-electron chi connectivity index (χ3n) is 2.01. The van der Waals surface area contributed by atoms with E-state index < -0.39 is 0 Å². The Morgan fingerprint density at radius 2 is 2.23 bits per heavy atom. The number of phenols is 1. The fourth-order valence-corrected chi connectivity index (χ4v) is 1.26. The van der Waals surface area contributed by atoms with Crippen molar-refractivity contribution in [1.82, 2.24) is 0 Å². The molecule has 1 aromatic carbocycles. The normalized spacial score (nSPS) is 9.54. The predicted octanol–water partition coefficient (Wildman–Crippen LogP) is 2.61. The van der Waals surface area contributed by atoms with Gasteiger partial charge in [0.05, 0.1) is 11.6 Å². The number of phenolic OH excluding ortho intramolecular Hbond substituents is 1. The maximum absolute atomic E-state index is 9.22. The van der Waals surface area contributed by atoms with E-state index in [2.05, 4.69) is 13.0 Å². The first-order valence-corrected chi connectivity index (χ1v) is 4.50. The van der Waals surface area contributed by atoms with Crippen molar-refractivity contribution < 1.29 is 5.11 Å². The third-order valence-corrected chi connectivity index (χ3v) is 2.01. The molecule has 2 nitrogen and oxygen atoms in total. The summed E-state index contributed by atoms with van der Waals surface area (Å²) in [5.74, 6) is 0.241. The highest BCUT2D eigenvalue weighted by molar-refractivity contribution is 5.42. The van der Waals surface area contributed by atoms with Gasteiger partial charge in [0, 0.05) is 0 Å². The number of aromatic hydroxyl groups is 1. The lowest BCUT2D eigenvalue weighted by atomic mass is 10.0. The van der Waals surface area contributed by atoms with E-state index in [1.54, 1.807) is 18.2 Å². The van der Waals surface area contributed by atoms with E-state index in [-0.39, 0.29) is 5.75 Å². The van der Waals surface area contributed by atoms with Gasteiger partial charge in [-0.3, -0.25) is 0 Å². The molecule has 0 unspecified atom stereocenters. The second-order valence-corrected chi connectivity index (χ2v) is 3.06. The Bertz CT molecular complexity index is 325. The van der Waals surface area contributed by atoms with Crippen molar-refractivity contribution in [2.45, 2.75) is 26.2 Å². The highest BCUT2D eigenvalue weighted by Gasteiger charge is 2.01. The summed E-state index contributed by atoms with van der Waals surface area (Å²) in [5, 5.41) is 18.0. The van der Waals surface area contributed by atoms with Gasteiger partial charge in [-0.1, -0.05) is 13.3 Å². The van der Waals surface area contributed by atoms with Gasteiger partial charge in [-0.2, -0.15) is 5.26 Å². The first-order valence-electron chi connectivity index (χ1n) is 4.50.